The molecule has 1 atom stereocenters. The molecule has 0 fully saturated rings. The molecule has 1 N–H and O–H groups in total. The Morgan fingerprint density at radius 3 is 2.88 bits per heavy atom. The van der Waals surface area contributed by atoms with E-state index in [1.165, 1.54) is 36.8 Å². The Kier molecular flexibility index (Phi) is 5.89. The number of nitrogens with one attached hydrogen (secondary N) is 1. The third-order valence-corrected chi connectivity index (χ3v) is 4.50. The van der Waals surface area contributed by atoms with Crippen LogP contribution in [0.3, 0.4) is 0 Å². The minimum Gasteiger partial charge on any atom is -0.491 e. The first-order chi connectivity index (χ1) is 11.8. The monoisotopic (exact) mass is 323 g/mol. The number of carbonyl (C=O) groups is 1. The van der Waals surface area contributed by atoms with E-state index in [4.69, 9.17) is 4.74 Å². The molecule has 126 valence electrons. The third-order valence-electron chi connectivity index (χ3n) is 4.50. The minimum atomic E-state index is -0.0537. The number of amides is 1. The number of aryl methyl sites for hydroxylation is 1. The van der Waals surface area contributed by atoms with Crippen LogP contribution in [0, 0.1) is 0 Å². The van der Waals surface area contributed by atoms with Crippen LogP contribution in [0.5, 0.6) is 0 Å². The number of carbonyl (C=O) groups excluding carboxylic acids is 1. The van der Waals surface area contributed by atoms with Crippen molar-refractivity contribution in [1.29, 1.82) is 0 Å². The average Bonchev–Trinajstić information content (AvgIpc) is 2.98. The average molecular weight is 323 g/mol. The van der Waals surface area contributed by atoms with Gasteiger partial charge >= 0.3 is 0 Å². The Bertz CT molecular complexity index is 643. The summed E-state index contributed by atoms with van der Waals surface area (Å²) in [5, 5.41) is 2.97. The summed E-state index contributed by atoms with van der Waals surface area (Å²) in [6, 6.07) is 10.3. The maximum atomic E-state index is 11.7. The number of benzene rings is 1. The second-order valence-electron chi connectivity index (χ2n) is 6.37. The van der Waals surface area contributed by atoms with Gasteiger partial charge in [0.1, 0.15) is 12.4 Å². The van der Waals surface area contributed by atoms with Crippen molar-refractivity contribution >= 4 is 5.91 Å². The Balaban J connectivity index is 1.47. The van der Waals surface area contributed by atoms with Crippen LogP contribution in [0.25, 0.3) is 0 Å². The molecule has 1 amide bonds. The highest BCUT2D eigenvalue weighted by Gasteiger charge is 2.24. The first kappa shape index (κ1) is 16.6. The first-order valence-corrected chi connectivity index (χ1v) is 8.85. The highest BCUT2D eigenvalue weighted by atomic mass is 16.5. The molecule has 0 saturated heterocycles. The van der Waals surface area contributed by atoms with Crippen LogP contribution in [0.15, 0.2) is 66.0 Å². The highest BCUT2D eigenvalue weighted by Crippen LogP contribution is 2.19. The summed E-state index contributed by atoms with van der Waals surface area (Å²) >= 11 is 0. The Morgan fingerprint density at radius 2 is 2.08 bits per heavy atom. The molecule has 0 bridgehead atoms. The van der Waals surface area contributed by atoms with Gasteiger partial charge in [-0.05, 0) is 50.2 Å². The molecular formula is C21H25NO2. The van der Waals surface area contributed by atoms with Gasteiger partial charge in [-0.25, -0.2) is 0 Å². The summed E-state index contributed by atoms with van der Waals surface area (Å²) in [5.74, 6) is 0.709. The van der Waals surface area contributed by atoms with Crippen molar-refractivity contribution in [2.45, 2.75) is 44.6 Å². The quantitative estimate of drug-likeness (QED) is 0.821. The molecule has 3 heteroatoms. The van der Waals surface area contributed by atoms with Gasteiger partial charge in [-0.3, -0.25) is 4.79 Å². The normalized spacial score (nSPS) is 20.7. The van der Waals surface area contributed by atoms with Crippen LogP contribution in [-0.2, 0) is 16.0 Å². The molecule has 0 saturated carbocycles. The fourth-order valence-corrected chi connectivity index (χ4v) is 3.18. The molecule has 0 unspecified atom stereocenters. The molecule has 0 aromatic heterocycles. The second-order valence-corrected chi connectivity index (χ2v) is 6.37. The Labute approximate surface area is 144 Å². The van der Waals surface area contributed by atoms with Crippen molar-refractivity contribution in [3.05, 3.63) is 71.5 Å². The van der Waals surface area contributed by atoms with Crippen LogP contribution in [-0.4, -0.2) is 18.6 Å². The van der Waals surface area contributed by atoms with Crippen LogP contribution in [0.4, 0.5) is 0 Å². The molecule has 24 heavy (non-hydrogen) atoms. The molecule has 2 aliphatic rings. The standard InChI is InChI=1S/C21H25NO2/c23-21-16-20(24-15-7-12-17-8-3-1-4-9-17)19(22-21)14-13-18-10-5-2-6-11-18/h2,5-8,10-12,16,19H,1,3-4,9,13-15H2,(H,22,23)/b12-7+/t19-/m0/s1. The maximum Gasteiger partial charge on any atom is 0.248 e. The maximum absolute atomic E-state index is 11.7. The zero-order valence-electron chi connectivity index (χ0n) is 14.0. The van der Waals surface area contributed by atoms with E-state index in [-0.39, 0.29) is 11.9 Å². The smallest absolute Gasteiger partial charge is 0.248 e. The summed E-state index contributed by atoms with van der Waals surface area (Å²) < 4.78 is 5.83. The van der Waals surface area contributed by atoms with Crippen molar-refractivity contribution in [3.63, 3.8) is 0 Å². The summed E-state index contributed by atoms with van der Waals surface area (Å²) in [7, 11) is 0. The number of allylic oxidation sites excluding steroid dienone is 3. The largest absolute Gasteiger partial charge is 0.491 e. The van der Waals surface area contributed by atoms with E-state index in [1.54, 1.807) is 6.08 Å². The summed E-state index contributed by atoms with van der Waals surface area (Å²) in [6.07, 6.45) is 14.8. The number of hydrogen-bond acceptors (Lipinski definition) is 2. The molecule has 1 aromatic carbocycles. The van der Waals surface area contributed by atoms with Crippen LogP contribution in [0.1, 0.15) is 37.7 Å². The van der Waals surface area contributed by atoms with Gasteiger partial charge in [-0.1, -0.05) is 48.1 Å². The minimum absolute atomic E-state index is 0.0139. The lowest BCUT2D eigenvalue weighted by Crippen LogP contribution is -2.29. The zero-order chi connectivity index (χ0) is 16.6. The highest BCUT2D eigenvalue weighted by molar-refractivity contribution is 5.91. The van der Waals surface area contributed by atoms with Gasteiger partial charge in [0.2, 0.25) is 5.91 Å². The first-order valence-electron chi connectivity index (χ1n) is 8.85. The zero-order valence-corrected chi connectivity index (χ0v) is 14.0. The Hall–Kier alpha value is -2.29. The van der Waals surface area contributed by atoms with E-state index in [1.807, 2.05) is 18.2 Å². The summed E-state index contributed by atoms with van der Waals surface area (Å²) in [5.41, 5.74) is 2.68. The van der Waals surface area contributed by atoms with Crippen molar-refractivity contribution in [3.8, 4) is 0 Å². The third kappa shape index (κ3) is 4.85. The number of rotatable bonds is 7. The lowest BCUT2D eigenvalue weighted by Gasteiger charge is -2.15. The fraction of sp³-hybridized carbons (Fsp3) is 0.381. The molecule has 1 heterocycles. The van der Waals surface area contributed by atoms with Gasteiger partial charge in [0.05, 0.1) is 6.04 Å². The van der Waals surface area contributed by atoms with Crippen LogP contribution < -0.4 is 5.32 Å². The SMILES string of the molecule is O=C1C=C(OC/C=C/C2=CCCCC2)[C@H](CCc2ccccc2)N1. The van der Waals surface area contributed by atoms with Gasteiger partial charge in [-0.2, -0.15) is 0 Å². The van der Waals surface area contributed by atoms with E-state index in [2.05, 4.69) is 35.7 Å². The van der Waals surface area contributed by atoms with Gasteiger partial charge in [-0.15, -0.1) is 0 Å². The Morgan fingerprint density at radius 1 is 1.21 bits per heavy atom. The number of ether oxygens (including phenoxy) is 1. The van der Waals surface area contributed by atoms with Gasteiger partial charge in [0.15, 0.2) is 0 Å². The van der Waals surface area contributed by atoms with Gasteiger partial charge in [0.25, 0.3) is 0 Å². The molecule has 3 rings (SSSR count). The van der Waals surface area contributed by atoms with E-state index in [9.17, 15) is 4.79 Å². The molecule has 0 spiro atoms. The molecular weight excluding hydrogens is 298 g/mol. The molecule has 1 aromatic rings. The molecule has 1 aliphatic carbocycles. The van der Waals surface area contributed by atoms with E-state index >= 15 is 0 Å². The topological polar surface area (TPSA) is 38.3 Å². The lowest BCUT2D eigenvalue weighted by molar-refractivity contribution is -0.116. The van der Waals surface area contributed by atoms with Gasteiger partial charge in [0, 0.05) is 6.08 Å². The molecule has 3 nitrogen and oxygen atoms in total. The van der Waals surface area contributed by atoms with E-state index in [0.717, 1.165) is 18.6 Å². The second kappa shape index (κ2) is 8.53. The van der Waals surface area contributed by atoms with Gasteiger partial charge < -0.3 is 10.1 Å². The lowest BCUT2D eigenvalue weighted by atomic mass is 9.99. The van der Waals surface area contributed by atoms with Crippen LogP contribution in [0.2, 0.25) is 0 Å². The predicted molar refractivity (Wildman–Crippen MR) is 96.4 cm³/mol. The van der Waals surface area contributed by atoms with E-state index < -0.39 is 0 Å². The van der Waals surface area contributed by atoms with Crippen molar-refractivity contribution in [2.24, 2.45) is 0 Å². The van der Waals surface area contributed by atoms with E-state index in [0.29, 0.717) is 6.61 Å². The summed E-state index contributed by atoms with van der Waals surface area (Å²) in [6.45, 7) is 0.514. The molecule has 0 radical (unpaired) electrons. The van der Waals surface area contributed by atoms with Crippen molar-refractivity contribution in [2.75, 3.05) is 6.61 Å². The summed E-state index contributed by atoms with van der Waals surface area (Å²) in [4.78, 5) is 11.7. The van der Waals surface area contributed by atoms with Crippen LogP contribution >= 0.6 is 0 Å². The van der Waals surface area contributed by atoms with Crippen molar-refractivity contribution < 1.29 is 9.53 Å². The predicted octanol–water partition coefficient (Wildman–Crippen LogP) is 4.07. The fourth-order valence-electron chi connectivity index (χ4n) is 3.18. The molecule has 1 aliphatic heterocycles. The number of hydrogen-bond donors (Lipinski definition) is 1. The van der Waals surface area contributed by atoms with Crippen molar-refractivity contribution in [1.82, 2.24) is 5.32 Å².